The molecule has 1 unspecified atom stereocenters. The Morgan fingerprint density at radius 2 is 1.81 bits per heavy atom. The molecule has 1 aliphatic heterocycles. The third-order valence-corrected chi connectivity index (χ3v) is 3.90. The molecule has 0 aromatic heterocycles. The largest absolute Gasteiger partial charge is 0.492 e. The van der Waals surface area contributed by atoms with Crippen molar-refractivity contribution < 1.29 is 9.53 Å². The maximum atomic E-state index is 12.3. The topological polar surface area (TPSA) is 38.3 Å². The van der Waals surface area contributed by atoms with Gasteiger partial charge in [0.05, 0.1) is 5.92 Å². The van der Waals surface area contributed by atoms with Crippen LogP contribution < -0.4 is 10.1 Å². The van der Waals surface area contributed by atoms with Crippen LogP contribution in [0.5, 0.6) is 5.75 Å². The van der Waals surface area contributed by atoms with Crippen molar-refractivity contribution in [2.75, 3.05) is 11.9 Å². The molecule has 1 heterocycles. The van der Waals surface area contributed by atoms with Crippen LogP contribution in [0.2, 0.25) is 10.0 Å². The second kappa shape index (κ2) is 5.96. The Hall–Kier alpha value is -1.71. The third-order valence-electron chi connectivity index (χ3n) is 3.41. The number of benzene rings is 2. The van der Waals surface area contributed by atoms with E-state index in [0.717, 1.165) is 17.0 Å². The summed E-state index contributed by atoms with van der Waals surface area (Å²) in [4.78, 5) is 12.3. The fourth-order valence-corrected chi connectivity index (χ4v) is 2.63. The molecule has 3 rings (SSSR count). The van der Waals surface area contributed by atoms with Crippen LogP contribution in [-0.2, 0) is 11.2 Å². The smallest absolute Gasteiger partial charge is 0.231 e. The first-order chi connectivity index (χ1) is 10.1. The number of hydrogen-bond acceptors (Lipinski definition) is 2. The van der Waals surface area contributed by atoms with E-state index in [0.29, 0.717) is 23.1 Å². The van der Waals surface area contributed by atoms with Crippen molar-refractivity contribution in [3.63, 3.8) is 0 Å². The van der Waals surface area contributed by atoms with Crippen molar-refractivity contribution >= 4 is 34.8 Å². The number of anilines is 1. The van der Waals surface area contributed by atoms with Gasteiger partial charge in [-0.25, -0.2) is 0 Å². The number of carbonyl (C=O) groups is 1. The first-order valence-corrected chi connectivity index (χ1v) is 7.35. The van der Waals surface area contributed by atoms with Gasteiger partial charge in [-0.15, -0.1) is 0 Å². The Morgan fingerprint density at radius 3 is 2.57 bits per heavy atom. The molecule has 0 aliphatic carbocycles. The fraction of sp³-hybridized carbons (Fsp3) is 0.188. The maximum absolute atomic E-state index is 12.3. The minimum atomic E-state index is -0.230. The Labute approximate surface area is 132 Å². The number of carbonyl (C=O) groups excluding carboxylic acids is 1. The van der Waals surface area contributed by atoms with E-state index in [9.17, 15) is 4.79 Å². The second-order valence-electron chi connectivity index (χ2n) is 4.96. The Balaban J connectivity index is 1.70. The number of fused-ring (bicyclic) bond motifs is 1. The molecule has 0 saturated heterocycles. The molecule has 1 aliphatic rings. The molecular weight excluding hydrogens is 309 g/mol. The average molecular weight is 322 g/mol. The van der Waals surface area contributed by atoms with E-state index < -0.39 is 0 Å². The highest BCUT2D eigenvalue weighted by molar-refractivity contribution is 6.31. The molecule has 2 aromatic rings. The molecule has 1 N–H and O–H groups in total. The number of amides is 1. The molecule has 2 aromatic carbocycles. The summed E-state index contributed by atoms with van der Waals surface area (Å²) in [5.74, 6) is 0.504. The molecule has 0 bridgehead atoms. The Morgan fingerprint density at radius 1 is 1.10 bits per heavy atom. The predicted octanol–water partition coefficient (Wildman–Crippen LogP) is 4.18. The van der Waals surface area contributed by atoms with Crippen molar-refractivity contribution in [2.24, 2.45) is 5.92 Å². The first-order valence-electron chi connectivity index (χ1n) is 6.59. The number of rotatable bonds is 2. The van der Waals surface area contributed by atoms with E-state index in [1.165, 1.54) is 0 Å². The van der Waals surface area contributed by atoms with Crippen LogP contribution in [-0.4, -0.2) is 12.5 Å². The van der Waals surface area contributed by atoms with Crippen molar-refractivity contribution in [1.82, 2.24) is 0 Å². The molecule has 5 heteroatoms. The van der Waals surface area contributed by atoms with E-state index in [1.54, 1.807) is 30.3 Å². The van der Waals surface area contributed by atoms with Crippen molar-refractivity contribution in [3.8, 4) is 5.75 Å². The molecule has 1 amide bonds. The van der Waals surface area contributed by atoms with Gasteiger partial charge in [0.2, 0.25) is 5.91 Å². The van der Waals surface area contributed by atoms with Gasteiger partial charge in [0.15, 0.2) is 0 Å². The lowest BCUT2D eigenvalue weighted by Crippen LogP contribution is -2.32. The van der Waals surface area contributed by atoms with Gasteiger partial charge in [0, 0.05) is 15.7 Å². The predicted molar refractivity (Wildman–Crippen MR) is 84.2 cm³/mol. The normalized spacial score (nSPS) is 16.8. The van der Waals surface area contributed by atoms with Gasteiger partial charge >= 0.3 is 0 Å². The van der Waals surface area contributed by atoms with Crippen LogP contribution in [0.4, 0.5) is 5.69 Å². The van der Waals surface area contributed by atoms with Gasteiger partial charge in [-0.3, -0.25) is 4.79 Å². The van der Waals surface area contributed by atoms with Crippen LogP contribution in [0.15, 0.2) is 42.5 Å². The monoisotopic (exact) mass is 321 g/mol. The quantitative estimate of drug-likeness (QED) is 0.900. The van der Waals surface area contributed by atoms with Crippen molar-refractivity contribution in [2.45, 2.75) is 6.42 Å². The van der Waals surface area contributed by atoms with Gasteiger partial charge < -0.3 is 10.1 Å². The van der Waals surface area contributed by atoms with Crippen molar-refractivity contribution in [1.29, 1.82) is 0 Å². The van der Waals surface area contributed by atoms with Crippen molar-refractivity contribution in [3.05, 3.63) is 58.1 Å². The summed E-state index contributed by atoms with van der Waals surface area (Å²) in [7, 11) is 0. The lowest BCUT2D eigenvalue weighted by Gasteiger charge is -2.24. The Bertz CT molecular complexity index is 670. The van der Waals surface area contributed by atoms with Crippen LogP contribution in [0.3, 0.4) is 0 Å². The van der Waals surface area contributed by atoms with Crippen LogP contribution in [0.25, 0.3) is 0 Å². The highest BCUT2D eigenvalue weighted by Crippen LogP contribution is 2.30. The summed E-state index contributed by atoms with van der Waals surface area (Å²) in [5, 5.41) is 4.16. The van der Waals surface area contributed by atoms with E-state index in [2.05, 4.69) is 5.32 Å². The zero-order valence-electron chi connectivity index (χ0n) is 11.1. The van der Waals surface area contributed by atoms with Crippen LogP contribution in [0.1, 0.15) is 5.56 Å². The van der Waals surface area contributed by atoms with Gasteiger partial charge in [-0.1, -0.05) is 23.2 Å². The molecule has 0 radical (unpaired) electrons. The van der Waals surface area contributed by atoms with Gasteiger partial charge in [0.25, 0.3) is 0 Å². The highest BCUT2D eigenvalue weighted by atomic mass is 35.5. The molecule has 1 atom stereocenters. The number of halogens is 2. The van der Waals surface area contributed by atoms with Crippen LogP contribution >= 0.6 is 23.2 Å². The molecule has 0 fully saturated rings. The molecular formula is C16H13Cl2NO2. The standard InChI is InChI=1S/C16H13Cl2NO2/c17-12-1-4-14(5-2-12)19-16(20)11-7-10-8-13(18)3-6-15(10)21-9-11/h1-6,8,11H,7,9H2,(H,19,20). The van der Waals surface area contributed by atoms with Gasteiger partial charge in [-0.2, -0.15) is 0 Å². The van der Waals surface area contributed by atoms with E-state index in [4.69, 9.17) is 27.9 Å². The first kappa shape index (κ1) is 14.2. The number of hydrogen-bond donors (Lipinski definition) is 1. The highest BCUT2D eigenvalue weighted by Gasteiger charge is 2.26. The Kier molecular flexibility index (Phi) is 4.04. The lowest BCUT2D eigenvalue weighted by molar-refractivity contribution is -0.121. The summed E-state index contributed by atoms with van der Waals surface area (Å²) in [6, 6.07) is 12.5. The molecule has 0 saturated carbocycles. The average Bonchev–Trinajstić information content (AvgIpc) is 2.48. The molecule has 0 spiro atoms. The number of ether oxygens (including phenoxy) is 1. The van der Waals surface area contributed by atoms with E-state index in [1.807, 2.05) is 12.1 Å². The summed E-state index contributed by atoms with van der Waals surface area (Å²) in [6.45, 7) is 0.369. The minimum Gasteiger partial charge on any atom is -0.492 e. The SMILES string of the molecule is O=C(Nc1ccc(Cl)cc1)C1COc2ccc(Cl)cc2C1. The summed E-state index contributed by atoms with van der Waals surface area (Å²) >= 11 is 11.8. The third kappa shape index (κ3) is 3.31. The minimum absolute atomic E-state index is 0.0667. The maximum Gasteiger partial charge on any atom is 0.231 e. The lowest BCUT2D eigenvalue weighted by atomic mass is 9.96. The van der Waals surface area contributed by atoms with Crippen LogP contribution in [0, 0.1) is 5.92 Å². The van der Waals surface area contributed by atoms with E-state index >= 15 is 0 Å². The summed E-state index contributed by atoms with van der Waals surface area (Å²) in [6.07, 6.45) is 0.620. The molecule has 3 nitrogen and oxygen atoms in total. The summed E-state index contributed by atoms with van der Waals surface area (Å²) < 4.78 is 5.63. The van der Waals surface area contributed by atoms with E-state index in [-0.39, 0.29) is 11.8 Å². The zero-order valence-corrected chi connectivity index (χ0v) is 12.6. The number of nitrogens with one attached hydrogen (secondary N) is 1. The fourth-order valence-electron chi connectivity index (χ4n) is 2.31. The zero-order chi connectivity index (χ0) is 14.8. The van der Waals surface area contributed by atoms with Gasteiger partial charge in [-0.05, 0) is 54.4 Å². The second-order valence-corrected chi connectivity index (χ2v) is 5.83. The molecule has 108 valence electrons. The van der Waals surface area contributed by atoms with Gasteiger partial charge in [0.1, 0.15) is 12.4 Å². The summed E-state index contributed by atoms with van der Waals surface area (Å²) in [5.41, 5.74) is 1.69. The molecule has 21 heavy (non-hydrogen) atoms.